The van der Waals surface area contributed by atoms with Crippen LogP contribution in [0.1, 0.15) is 61.5 Å². The van der Waals surface area contributed by atoms with E-state index in [2.05, 4.69) is 97.7 Å². The molecule has 0 saturated heterocycles. The van der Waals surface area contributed by atoms with E-state index in [9.17, 15) is 5.26 Å². The SMILES string of the molecule is CCC(CC)CC(C#N)c1ncn(C(c2ccccc2)(c2ccccc2)c2ccccc2)n1.O=[P+](O)O. The van der Waals surface area contributed by atoms with Gasteiger partial charge in [0, 0.05) is 4.57 Å². The third-order valence-electron chi connectivity index (χ3n) is 6.62. The van der Waals surface area contributed by atoms with Gasteiger partial charge in [0.25, 0.3) is 0 Å². The van der Waals surface area contributed by atoms with E-state index in [0.717, 1.165) is 36.0 Å². The first-order chi connectivity index (χ1) is 18.0. The molecule has 2 N–H and O–H groups in total. The number of rotatable bonds is 9. The molecule has 1 atom stereocenters. The Balaban J connectivity index is 0.000000886. The maximum atomic E-state index is 9.94. The summed E-state index contributed by atoms with van der Waals surface area (Å²) < 4.78 is 10.6. The zero-order chi connectivity index (χ0) is 26.7. The number of hydrogen-bond donors (Lipinski definition) is 2. The highest BCUT2D eigenvalue weighted by Gasteiger charge is 2.40. The average molecular weight is 516 g/mol. The standard InChI is InChI=1S/C29H30N4.HO3P/c1-3-23(4-2)20-24(21-30)28-31-22-33(32-28)29(25-14-8-5-9-15-25,26-16-10-6-11-17-26)27-18-12-7-13-19-27;1-4(2)3/h5-19,22-24H,3-4,20H2,1-2H3;(H-,1,2,3)/p+1. The summed E-state index contributed by atoms with van der Waals surface area (Å²) in [5, 5.41) is 14.9. The van der Waals surface area contributed by atoms with E-state index >= 15 is 0 Å². The molecule has 1 heterocycles. The van der Waals surface area contributed by atoms with Crippen LogP contribution >= 0.6 is 8.25 Å². The molecule has 0 saturated carbocycles. The molecule has 0 aliphatic heterocycles. The van der Waals surface area contributed by atoms with Crippen LogP contribution in [0.5, 0.6) is 0 Å². The third kappa shape index (κ3) is 6.55. The molecule has 0 bridgehead atoms. The predicted molar refractivity (Wildman–Crippen MR) is 144 cm³/mol. The molecule has 37 heavy (non-hydrogen) atoms. The second-order valence-electron chi connectivity index (χ2n) is 8.71. The van der Waals surface area contributed by atoms with Crippen molar-refractivity contribution in [3.8, 4) is 6.07 Å². The number of aromatic nitrogens is 3. The molecule has 4 rings (SSSR count). The van der Waals surface area contributed by atoms with Crippen LogP contribution in [0.3, 0.4) is 0 Å². The van der Waals surface area contributed by atoms with E-state index in [4.69, 9.17) is 19.5 Å². The summed E-state index contributed by atoms with van der Waals surface area (Å²) in [6.45, 7) is 4.36. The number of hydrogen-bond acceptors (Lipinski definition) is 4. The van der Waals surface area contributed by atoms with Gasteiger partial charge in [-0.05, 0) is 29.0 Å². The fourth-order valence-corrected chi connectivity index (χ4v) is 4.70. The molecule has 0 radical (unpaired) electrons. The molecule has 0 aliphatic rings. The molecule has 0 amide bonds. The molecule has 7 nitrogen and oxygen atoms in total. The van der Waals surface area contributed by atoms with Crippen molar-refractivity contribution in [3.05, 3.63) is 120 Å². The largest absolute Gasteiger partial charge is 0.692 e. The molecular weight excluding hydrogens is 483 g/mol. The van der Waals surface area contributed by atoms with Gasteiger partial charge in [-0.25, -0.2) is 9.67 Å². The zero-order valence-corrected chi connectivity index (χ0v) is 21.9. The van der Waals surface area contributed by atoms with Crippen molar-refractivity contribution < 1.29 is 14.4 Å². The van der Waals surface area contributed by atoms with Gasteiger partial charge in [0.2, 0.25) is 0 Å². The Bertz CT molecular complexity index is 1190. The van der Waals surface area contributed by atoms with Gasteiger partial charge in [-0.1, -0.05) is 118 Å². The van der Waals surface area contributed by atoms with Gasteiger partial charge in [-0.15, -0.1) is 9.79 Å². The van der Waals surface area contributed by atoms with Crippen LogP contribution in [-0.2, 0) is 10.1 Å². The molecule has 3 aromatic carbocycles. The van der Waals surface area contributed by atoms with Gasteiger partial charge in [-0.2, -0.15) is 10.4 Å². The minimum Gasteiger partial charge on any atom is -0.233 e. The summed E-state index contributed by atoms with van der Waals surface area (Å²) in [5.41, 5.74) is 2.57. The van der Waals surface area contributed by atoms with Crippen LogP contribution in [0.25, 0.3) is 0 Å². The van der Waals surface area contributed by atoms with Gasteiger partial charge < -0.3 is 0 Å². The average Bonchev–Trinajstić information content (AvgIpc) is 3.42. The van der Waals surface area contributed by atoms with Crippen LogP contribution in [0.2, 0.25) is 0 Å². The maximum Gasteiger partial charge on any atom is 0.692 e. The van der Waals surface area contributed by atoms with Crippen molar-refractivity contribution in [2.45, 2.75) is 44.6 Å². The van der Waals surface area contributed by atoms with Gasteiger partial charge >= 0.3 is 8.25 Å². The van der Waals surface area contributed by atoms with E-state index in [-0.39, 0.29) is 5.92 Å². The Morgan fingerprint density at radius 1 is 0.865 bits per heavy atom. The zero-order valence-electron chi connectivity index (χ0n) is 21.1. The van der Waals surface area contributed by atoms with Crippen molar-refractivity contribution in [2.24, 2.45) is 5.92 Å². The first-order valence-corrected chi connectivity index (χ1v) is 13.5. The Morgan fingerprint density at radius 2 is 1.27 bits per heavy atom. The smallest absolute Gasteiger partial charge is 0.233 e. The second-order valence-corrected chi connectivity index (χ2v) is 9.21. The number of nitriles is 1. The molecule has 1 unspecified atom stereocenters. The number of nitrogens with zero attached hydrogens (tertiary/aromatic N) is 4. The molecule has 0 fully saturated rings. The van der Waals surface area contributed by atoms with E-state index in [1.54, 1.807) is 6.33 Å². The third-order valence-corrected chi connectivity index (χ3v) is 6.62. The topological polar surface area (TPSA) is 112 Å². The summed E-state index contributed by atoms with van der Waals surface area (Å²) in [7, 11) is -2.87. The molecule has 0 spiro atoms. The van der Waals surface area contributed by atoms with Gasteiger partial charge in [0.1, 0.15) is 17.8 Å². The van der Waals surface area contributed by atoms with Crippen LogP contribution in [0.15, 0.2) is 97.3 Å². The van der Waals surface area contributed by atoms with E-state index in [1.807, 2.05) is 22.9 Å². The monoisotopic (exact) mass is 515 g/mol. The summed E-state index contributed by atoms with van der Waals surface area (Å²) in [6.07, 6.45) is 4.68. The normalized spacial score (nSPS) is 11.8. The van der Waals surface area contributed by atoms with E-state index in [1.165, 1.54) is 0 Å². The molecular formula is C29H32N4O3P+. The Morgan fingerprint density at radius 3 is 1.62 bits per heavy atom. The van der Waals surface area contributed by atoms with Gasteiger partial charge in [0.05, 0.1) is 6.07 Å². The summed E-state index contributed by atoms with van der Waals surface area (Å²) in [4.78, 5) is 18.9. The lowest BCUT2D eigenvalue weighted by atomic mass is 9.77. The first-order valence-electron chi connectivity index (χ1n) is 12.3. The highest BCUT2D eigenvalue weighted by atomic mass is 31.1. The van der Waals surface area contributed by atoms with Crippen molar-refractivity contribution in [1.29, 1.82) is 5.26 Å². The van der Waals surface area contributed by atoms with Gasteiger partial charge in [0.15, 0.2) is 5.82 Å². The quantitative estimate of drug-likeness (QED) is 0.203. The molecule has 190 valence electrons. The van der Waals surface area contributed by atoms with Crippen molar-refractivity contribution >= 4 is 8.25 Å². The lowest BCUT2D eigenvalue weighted by Gasteiger charge is -2.35. The van der Waals surface area contributed by atoms with E-state index in [0.29, 0.717) is 11.7 Å². The minimum absolute atomic E-state index is 0.323. The fourth-order valence-electron chi connectivity index (χ4n) is 4.70. The molecule has 0 aliphatic carbocycles. The first kappa shape index (κ1) is 27.9. The highest BCUT2D eigenvalue weighted by molar-refractivity contribution is 7.30. The Hall–Kier alpha value is -3.69. The summed E-state index contributed by atoms with van der Waals surface area (Å²) in [5.74, 6) is 0.761. The van der Waals surface area contributed by atoms with Gasteiger partial charge in [-0.3, -0.25) is 0 Å². The van der Waals surface area contributed by atoms with Crippen molar-refractivity contribution in [2.75, 3.05) is 0 Å². The van der Waals surface area contributed by atoms with Crippen molar-refractivity contribution in [3.63, 3.8) is 0 Å². The molecule has 1 aromatic heterocycles. The maximum absolute atomic E-state index is 9.94. The Labute approximate surface area is 219 Å². The molecule has 4 aromatic rings. The lowest BCUT2D eigenvalue weighted by molar-refractivity contribution is 0.405. The van der Waals surface area contributed by atoms with Crippen LogP contribution in [0, 0.1) is 17.2 Å². The fraction of sp³-hybridized carbons (Fsp3) is 0.276. The number of benzene rings is 3. The van der Waals surface area contributed by atoms with Crippen molar-refractivity contribution in [1.82, 2.24) is 14.8 Å². The van der Waals surface area contributed by atoms with Crippen LogP contribution in [0.4, 0.5) is 0 Å². The minimum atomic E-state index is -2.87. The summed E-state index contributed by atoms with van der Waals surface area (Å²) >= 11 is 0. The highest BCUT2D eigenvalue weighted by Crippen LogP contribution is 2.40. The van der Waals surface area contributed by atoms with E-state index < -0.39 is 13.8 Å². The summed E-state index contributed by atoms with van der Waals surface area (Å²) in [6, 6.07) is 33.7. The Kier molecular flexibility index (Phi) is 10.2. The second kappa shape index (κ2) is 13.6. The van der Waals surface area contributed by atoms with Crippen LogP contribution < -0.4 is 0 Å². The predicted octanol–water partition coefficient (Wildman–Crippen LogP) is 6.18. The molecule has 8 heteroatoms. The lowest BCUT2D eigenvalue weighted by Crippen LogP contribution is -2.38. The van der Waals surface area contributed by atoms with Crippen LogP contribution in [-0.4, -0.2) is 24.6 Å².